The molecule has 1 atom stereocenters. The first-order chi connectivity index (χ1) is 15.5. The number of ether oxygens (including phenoxy) is 1. The van der Waals surface area contributed by atoms with E-state index in [0.29, 0.717) is 27.5 Å². The summed E-state index contributed by atoms with van der Waals surface area (Å²) in [6.07, 6.45) is -1.23. The Labute approximate surface area is 189 Å². The van der Waals surface area contributed by atoms with E-state index >= 15 is 0 Å². The van der Waals surface area contributed by atoms with Crippen LogP contribution in [0.25, 0.3) is 11.1 Å². The van der Waals surface area contributed by atoms with E-state index < -0.39 is 17.9 Å². The first kappa shape index (κ1) is 21.5. The van der Waals surface area contributed by atoms with Gasteiger partial charge in [0.25, 0.3) is 5.91 Å². The molecular formula is C24H20ClN3O4. The lowest BCUT2D eigenvalue weighted by molar-refractivity contribution is -0.135. The minimum atomic E-state index is -1.23. The van der Waals surface area contributed by atoms with E-state index in [1.54, 1.807) is 61.6 Å². The van der Waals surface area contributed by atoms with Crippen LogP contribution in [0.5, 0.6) is 0 Å². The summed E-state index contributed by atoms with van der Waals surface area (Å²) in [5.41, 5.74) is 2.24. The van der Waals surface area contributed by atoms with E-state index in [9.17, 15) is 9.59 Å². The molecular weight excluding hydrogens is 430 g/mol. The Hall–Kier alpha value is -3.68. The molecule has 8 heteroatoms. The number of hydrogen-bond acceptors (Lipinski definition) is 5. The number of amides is 2. The summed E-state index contributed by atoms with van der Waals surface area (Å²) in [5.74, 6) is -0.792. The molecule has 32 heavy (non-hydrogen) atoms. The predicted octanol–water partition coefficient (Wildman–Crippen LogP) is 4.84. The quantitative estimate of drug-likeness (QED) is 0.436. The molecule has 4 rings (SSSR count). The Morgan fingerprint density at radius 3 is 2.47 bits per heavy atom. The maximum atomic E-state index is 13.3. The van der Waals surface area contributed by atoms with Crippen molar-refractivity contribution in [2.24, 2.45) is 0 Å². The summed E-state index contributed by atoms with van der Waals surface area (Å²) < 4.78 is 11.5. The molecule has 0 aliphatic carbocycles. The van der Waals surface area contributed by atoms with Crippen molar-refractivity contribution < 1.29 is 18.7 Å². The van der Waals surface area contributed by atoms with Crippen molar-refractivity contribution in [2.75, 3.05) is 23.9 Å². The fourth-order valence-corrected chi connectivity index (χ4v) is 3.27. The van der Waals surface area contributed by atoms with Crippen LogP contribution in [0.3, 0.4) is 0 Å². The molecule has 1 heterocycles. The minimum Gasteiger partial charge on any atom is -0.437 e. The molecule has 0 saturated heterocycles. The van der Waals surface area contributed by atoms with E-state index in [1.165, 1.54) is 4.90 Å². The lowest BCUT2D eigenvalue weighted by atomic mass is 10.2. The van der Waals surface area contributed by atoms with Crippen LogP contribution in [0.4, 0.5) is 11.4 Å². The number of carbonyl (C=O) groups excluding carboxylic acids is 2. The molecule has 4 aromatic rings. The standard InChI is InChI=1S/C24H20ClN3O4/c1-28(18-10-6-3-7-11-18)24(30)22(23-27-19-13-12-16(25)14-20(19)32-23)31-15-21(29)26-17-8-4-2-5-9-17/h2-14,22H,15H2,1H3,(H,26,29). The van der Waals surface area contributed by atoms with Gasteiger partial charge in [0.2, 0.25) is 17.9 Å². The normalized spacial score (nSPS) is 11.8. The van der Waals surface area contributed by atoms with Crippen molar-refractivity contribution in [2.45, 2.75) is 6.10 Å². The Morgan fingerprint density at radius 1 is 1.06 bits per heavy atom. The zero-order chi connectivity index (χ0) is 22.5. The van der Waals surface area contributed by atoms with Gasteiger partial charge >= 0.3 is 0 Å². The molecule has 7 nitrogen and oxygen atoms in total. The molecule has 0 fully saturated rings. The number of halogens is 1. The van der Waals surface area contributed by atoms with E-state index in [-0.39, 0.29) is 12.5 Å². The molecule has 0 radical (unpaired) electrons. The monoisotopic (exact) mass is 449 g/mol. The Balaban J connectivity index is 1.58. The summed E-state index contributed by atoms with van der Waals surface area (Å²) in [6.45, 7) is -0.368. The van der Waals surface area contributed by atoms with Crippen molar-refractivity contribution in [3.63, 3.8) is 0 Å². The number of likely N-dealkylation sites (N-methyl/N-ethyl adjacent to an activating group) is 1. The van der Waals surface area contributed by atoms with Crippen molar-refractivity contribution in [3.8, 4) is 0 Å². The van der Waals surface area contributed by atoms with Gasteiger partial charge < -0.3 is 19.4 Å². The molecule has 0 bridgehead atoms. The number of rotatable bonds is 7. The van der Waals surface area contributed by atoms with Crippen molar-refractivity contribution in [3.05, 3.63) is 89.8 Å². The molecule has 3 aromatic carbocycles. The number of nitrogens with zero attached hydrogens (tertiary/aromatic N) is 2. The van der Waals surface area contributed by atoms with Crippen LogP contribution in [0, 0.1) is 0 Å². The second-order valence-electron chi connectivity index (χ2n) is 7.00. The largest absolute Gasteiger partial charge is 0.437 e. The summed E-state index contributed by atoms with van der Waals surface area (Å²) in [4.78, 5) is 31.5. The number of nitrogens with one attached hydrogen (secondary N) is 1. The van der Waals surface area contributed by atoms with Crippen LogP contribution in [-0.4, -0.2) is 30.5 Å². The molecule has 0 aliphatic rings. The SMILES string of the molecule is CN(C(=O)C(OCC(=O)Nc1ccccc1)c1nc2ccc(Cl)cc2o1)c1ccccc1. The number of hydrogen-bond donors (Lipinski definition) is 1. The molecule has 0 saturated carbocycles. The van der Waals surface area contributed by atoms with Gasteiger partial charge in [0.1, 0.15) is 12.1 Å². The average molecular weight is 450 g/mol. The highest BCUT2D eigenvalue weighted by molar-refractivity contribution is 6.31. The molecule has 1 N–H and O–H groups in total. The van der Waals surface area contributed by atoms with Gasteiger partial charge in [-0.2, -0.15) is 0 Å². The van der Waals surface area contributed by atoms with Gasteiger partial charge in [0, 0.05) is 29.5 Å². The van der Waals surface area contributed by atoms with Crippen LogP contribution in [0.2, 0.25) is 5.02 Å². The lowest BCUT2D eigenvalue weighted by Gasteiger charge is -2.22. The maximum absolute atomic E-state index is 13.3. The number of aromatic nitrogens is 1. The Morgan fingerprint density at radius 2 is 1.75 bits per heavy atom. The lowest BCUT2D eigenvalue weighted by Crippen LogP contribution is -2.34. The van der Waals surface area contributed by atoms with Crippen molar-refractivity contribution >= 4 is 45.9 Å². The van der Waals surface area contributed by atoms with Crippen LogP contribution in [0.15, 0.2) is 83.3 Å². The molecule has 2 amide bonds. The first-order valence-corrected chi connectivity index (χ1v) is 10.2. The number of benzene rings is 3. The number of para-hydroxylation sites is 2. The molecule has 1 unspecified atom stereocenters. The van der Waals surface area contributed by atoms with Crippen LogP contribution in [0.1, 0.15) is 12.0 Å². The number of fused-ring (bicyclic) bond motifs is 1. The second kappa shape index (κ2) is 9.64. The topological polar surface area (TPSA) is 84.7 Å². The zero-order valence-electron chi connectivity index (χ0n) is 17.2. The van der Waals surface area contributed by atoms with Gasteiger partial charge in [-0.25, -0.2) is 4.98 Å². The zero-order valence-corrected chi connectivity index (χ0v) is 18.0. The van der Waals surface area contributed by atoms with Crippen LogP contribution >= 0.6 is 11.6 Å². The third kappa shape index (κ3) is 4.96. The predicted molar refractivity (Wildman–Crippen MR) is 123 cm³/mol. The summed E-state index contributed by atoms with van der Waals surface area (Å²) in [5, 5.41) is 3.20. The van der Waals surface area contributed by atoms with E-state index in [1.807, 2.05) is 24.3 Å². The summed E-state index contributed by atoms with van der Waals surface area (Å²) in [6, 6.07) is 23.0. The van der Waals surface area contributed by atoms with E-state index in [0.717, 1.165) is 0 Å². The van der Waals surface area contributed by atoms with Crippen molar-refractivity contribution in [1.29, 1.82) is 0 Å². The number of oxazole rings is 1. The van der Waals surface area contributed by atoms with Crippen LogP contribution in [-0.2, 0) is 14.3 Å². The third-order valence-electron chi connectivity index (χ3n) is 4.73. The highest BCUT2D eigenvalue weighted by Gasteiger charge is 2.31. The van der Waals surface area contributed by atoms with Gasteiger partial charge in [-0.1, -0.05) is 48.0 Å². The third-order valence-corrected chi connectivity index (χ3v) is 4.96. The van der Waals surface area contributed by atoms with Gasteiger partial charge in [-0.05, 0) is 36.4 Å². The minimum absolute atomic E-state index is 0.0440. The Kier molecular flexibility index (Phi) is 6.49. The van der Waals surface area contributed by atoms with Gasteiger partial charge in [0.15, 0.2) is 5.58 Å². The average Bonchev–Trinajstić information content (AvgIpc) is 3.22. The highest BCUT2D eigenvalue weighted by atomic mass is 35.5. The molecule has 0 aliphatic heterocycles. The molecule has 162 valence electrons. The summed E-state index contributed by atoms with van der Waals surface area (Å²) >= 11 is 6.03. The molecule has 1 aromatic heterocycles. The first-order valence-electron chi connectivity index (χ1n) is 9.86. The second-order valence-corrected chi connectivity index (χ2v) is 7.44. The number of carbonyl (C=O) groups is 2. The van der Waals surface area contributed by atoms with Gasteiger partial charge in [-0.3, -0.25) is 9.59 Å². The van der Waals surface area contributed by atoms with Crippen molar-refractivity contribution in [1.82, 2.24) is 4.98 Å². The molecule has 0 spiro atoms. The summed E-state index contributed by atoms with van der Waals surface area (Å²) in [7, 11) is 1.62. The fraction of sp³-hybridized carbons (Fsp3) is 0.125. The van der Waals surface area contributed by atoms with Gasteiger partial charge in [-0.15, -0.1) is 0 Å². The maximum Gasteiger partial charge on any atom is 0.265 e. The van der Waals surface area contributed by atoms with Crippen LogP contribution < -0.4 is 10.2 Å². The number of anilines is 2. The fourth-order valence-electron chi connectivity index (χ4n) is 3.11. The van der Waals surface area contributed by atoms with E-state index in [4.69, 9.17) is 20.8 Å². The highest BCUT2D eigenvalue weighted by Crippen LogP contribution is 2.27. The van der Waals surface area contributed by atoms with E-state index in [2.05, 4.69) is 10.3 Å². The van der Waals surface area contributed by atoms with Gasteiger partial charge in [0.05, 0.1) is 0 Å². The smallest absolute Gasteiger partial charge is 0.265 e. The Bertz CT molecular complexity index is 1230.